The maximum Gasteiger partial charge on any atom is 0.382 e. The Bertz CT molecular complexity index is 250. The van der Waals surface area contributed by atoms with Crippen molar-refractivity contribution in [2.45, 2.75) is 6.61 Å². The van der Waals surface area contributed by atoms with Gasteiger partial charge in [0, 0.05) is 11.9 Å². The van der Waals surface area contributed by atoms with E-state index in [0.717, 1.165) is 5.56 Å². The molecule has 1 rings (SSSR count). The van der Waals surface area contributed by atoms with Crippen molar-refractivity contribution in [3.63, 3.8) is 0 Å². The molecule has 1 aromatic rings. The fraction of sp³-hybridized carbons (Fsp3) is 0.125. The Hall–Kier alpha value is -1.00. The summed E-state index contributed by atoms with van der Waals surface area (Å²) in [4.78, 5) is 10.6. The summed E-state index contributed by atoms with van der Waals surface area (Å²) in [6.45, 7) is 0.282. The second kappa shape index (κ2) is 4.79. The average Bonchev–Trinajstić information content (AvgIpc) is 2.16. The van der Waals surface area contributed by atoms with Gasteiger partial charge in [-0.15, -0.1) is 0 Å². The lowest BCUT2D eigenvalue weighted by Gasteiger charge is -2.00. The van der Waals surface area contributed by atoms with E-state index in [1.54, 1.807) is 0 Å². The van der Waals surface area contributed by atoms with Crippen LogP contribution in [0.2, 0.25) is 0 Å². The molecule has 0 atom stereocenters. The van der Waals surface area contributed by atoms with E-state index in [2.05, 4.69) is 0 Å². The summed E-state index contributed by atoms with van der Waals surface area (Å²) in [6.07, 6.45) is 0. The van der Waals surface area contributed by atoms with Crippen molar-refractivity contribution in [2.24, 2.45) is 5.14 Å². The maximum absolute atomic E-state index is 10.6. The largest absolute Gasteiger partial charge is 0.452 e. The Morgan fingerprint density at radius 2 is 2.08 bits per heavy atom. The summed E-state index contributed by atoms with van der Waals surface area (Å²) in [5.74, 6) is 0. The van der Waals surface area contributed by atoms with Gasteiger partial charge in [0.1, 0.15) is 6.61 Å². The highest BCUT2D eigenvalue weighted by Gasteiger charge is 1.99. The Labute approximate surface area is 75.0 Å². The Balaban J connectivity index is 2.38. The second-order valence-corrected chi connectivity index (χ2v) is 2.71. The van der Waals surface area contributed by atoms with Gasteiger partial charge in [-0.3, -0.25) is 5.14 Å². The molecule has 0 spiro atoms. The van der Waals surface area contributed by atoms with Gasteiger partial charge in [-0.2, -0.15) is 0 Å². The lowest BCUT2D eigenvalue weighted by Crippen LogP contribution is -2.00. The zero-order chi connectivity index (χ0) is 8.81. The van der Waals surface area contributed by atoms with Crippen molar-refractivity contribution < 1.29 is 9.53 Å². The fourth-order valence-corrected chi connectivity index (χ4v) is 0.877. The summed E-state index contributed by atoms with van der Waals surface area (Å²) in [7, 11) is 0. The second-order valence-electron chi connectivity index (χ2n) is 2.14. The normalized spacial score (nSPS) is 9.42. The van der Waals surface area contributed by atoms with Crippen LogP contribution in [0.1, 0.15) is 5.56 Å². The van der Waals surface area contributed by atoms with Gasteiger partial charge < -0.3 is 4.74 Å². The first-order chi connectivity index (χ1) is 5.83. The number of benzene rings is 1. The molecule has 0 saturated heterocycles. The first kappa shape index (κ1) is 9.09. The highest BCUT2D eigenvalue weighted by atomic mass is 32.2. The molecule has 0 radical (unpaired) electrons. The molecule has 3 nitrogen and oxygen atoms in total. The fourth-order valence-electron chi connectivity index (χ4n) is 0.751. The van der Waals surface area contributed by atoms with E-state index >= 15 is 0 Å². The zero-order valence-corrected chi connectivity index (χ0v) is 7.21. The van der Waals surface area contributed by atoms with Crippen LogP contribution in [-0.2, 0) is 11.3 Å². The molecule has 0 fully saturated rings. The van der Waals surface area contributed by atoms with Crippen LogP contribution in [0.25, 0.3) is 0 Å². The van der Waals surface area contributed by atoms with Crippen molar-refractivity contribution in [2.75, 3.05) is 0 Å². The molecule has 4 heteroatoms. The molecule has 2 N–H and O–H groups in total. The van der Waals surface area contributed by atoms with E-state index in [-0.39, 0.29) is 6.61 Å². The molecular weight excluding hydrogens is 174 g/mol. The van der Waals surface area contributed by atoms with E-state index in [1.165, 1.54) is 0 Å². The van der Waals surface area contributed by atoms with Gasteiger partial charge >= 0.3 is 5.30 Å². The van der Waals surface area contributed by atoms with E-state index in [1.807, 2.05) is 30.3 Å². The number of carbonyl (C=O) groups excluding carboxylic acids is 1. The monoisotopic (exact) mass is 183 g/mol. The van der Waals surface area contributed by atoms with Crippen LogP contribution >= 0.6 is 11.9 Å². The minimum absolute atomic E-state index is 0.282. The molecule has 0 aromatic heterocycles. The van der Waals surface area contributed by atoms with Crippen molar-refractivity contribution in [3.05, 3.63) is 35.9 Å². The first-order valence-electron chi connectivity index (χ1n) is 3.40. The Kier molecular flexibility index (Phi) is 3.63. The van der Waals surface area contributed by atoms with Crippen LogP contribution in [0.3, 0.4) is 0 Å². The predicted octanol–water partition coefficient (Wildman–Crippen LogP) is 1.93. The molecular formula is C8H9NO2S. The molecule has 0 unspecified atom stereocenters. The summed E-state index contributed by atoms with van der Waals surface area (Å²) in [5.41, 5.74) is 0.958. The summed E-state index contributed by atoms with van der Waals surface area (Å²) < 4.78 is 4.78. The van der Waals surface area contributed by atoms with Crippen LogP contribution in [0.15, 0.2) is 30.3 Å². The van der Waals surface area contributed by atoms with Crippen LogP contribution < -0.4 is 5.14 Å². The lowest BCUT2D eigenvalue weighted by molar-refractivity contribution is 0.168. The molecule has 0 aliphatic carbocycles. The van der Waals surface area contributed by atoms with Gasteiger partial charge in [-0.1, -0.05) is 30.3 Å². The van der Waals surface area contributed by atoms with Gasteiger partial charge in [0.05, 0.1) is 0 Å². The predicted molar refractivity (Wildman–Crippen MR) is 48.4 cm³/mol. The van der Waals surface area contributed by atoms with Crippen molar-refractivity contribution >= 4 is 17.2 Å². The number of ether oxygens (including phenoxy) is 1. The number of carbonyl (C=O) groups is 1. The molecule has 12 heavy (non-hydrogen) atoms. The van der Waals surface area contributed by atoms with Crippen LogP contribution in [0.4, 0.5) is 4.79 Å². The number of nitrogens with two attached hydrogens (primary N) is 1. The van der Waals surface area contributed by atoms with E-state index in [4.69, 9.17) is 9.88 Å². The molecule has 0 aliphatic rings. The molecule has 1 aromatic carbocycles. The minimum atomic E-state index is -0.459. The molecule has 64 valence electrons. The van der Waals surface area contributed by atoms with E-state index < -0.39 is 5.30 Å². The third-order valence-corrected chi connectivity index (χ3v) is 1.61. The quantitative estimate of drug-likeness (QED) is 0.562. The van der Waals surface area contributed by atoms with Crippen molar-refractivity contribution in [1.82, 2.24) is 0 Å². The van der Waals surface area contributed by atoms with Crippen molar-refractivity contribution in [3.8, 4) is 0 Å². The van der Waals surface area contributed by atoms with Gasteiger partial charge in [0.15, 0.2) is 0 Å². The highest BCUT2D eigenvalue weighted by molar-refractivity contribution is 8.11. The van der Waals surface area contributed by atoms with Crippen molar-refractivity contribution in [1.29, 1.82) is 0 Å². The first-order valence-corrected chi connectivity index (χ1v) is 4.28. The Morgan fingerprint density at radius 3 is 2.67 bits per heavy atom. The number of hydrogen-bond acceptors (Lipinski definition) is 4. The molecule has 0 bridgehead atoms. The standard InChI is InChI=1S/C8H9NO2S/c9-12-8(10)11-6-7-4-2-1-3-5-7/h1-5H,6,9H2. The molecule has 0 saturated carbocycles. The summed E-state index contributed by atoms with van der Waals surface area (Å²) in [6, 6.07) is 9.45. The summed E-state index contributed by atoms with van der Waals surface area (Å²) >= 11 is 0.583. The highest BCUT2D eigenvalue weighted by Crippen LogP contribution is 2.03. The number of hydrogen-bond donors (Lipinski definition) is 1. The van der Waals surface area contributed by atoms with Gasteiger partial charge in [0.25, 0.3) is 0 Å². The molecule has 0 amide bonds. The van der Waals surface area contributed by atoms with E-state index in [9.17, 15) is 4.79 Å². The molecule has 0 aliphatic heterocycles. The Morgan fingerprint density at radius 1 is 1.42 bits per heavy atom. The maximum atomic E-state index is 10.6. The van der Waals surface area contributed by atoms with Gasteiger partial charge in [-0.25, -0.2) is 4.79 Å². The zero-order valence-electron chi connectivity index (χ0n) is 6.40. The van der Waals surface area contributed by atoms with E-state index in [0.29, 0.717) is 11.9 Å². The van der Waals surface area contributed by atoms with Gasteiger partial charge in [0.2, 0.25) is 0 Å². The molecule has 0 heterocycles. The smallest absolute Gasteiger partial charge is 0.382 e. The average molecular weight is 183 g/mol. The third-order valence-electron chi connectivity index (χ3n) is 1.30. The SMILES string of the molecule is NSC(=O)OCc1ccccc1. The van der Waals surface area contributed by atoms with Crippen LogP contribution in [0, 0.1) is 0 Å². The lowest BCUT2D eigenvalue weighted by atomic mass is 10.2. The van der Waals surface area contributed by atoms with Gasteiger partial charge in [-0.05, 0) is 5.56 Å². The summed E-state index contributed by atoms with van der Waals surface area (Å²) in [5, 5.41) is 4.52. The third kappa shape index (κ3) is 2.94. The van der Waals surface area contributed by atoms with Crippen LogP contribution in [0.5, 0.6) is 0 Å². The number of rotatable bonds is 2. The van der Waals surface area contributed by atoms with Crippen LogP contribution in [-0.4, -0.2) is 5.30 Å². The topological polar surface area (TPSA) is 52.3 Å². The minimum Gasteiger partial charge on any atom is -0.452 e.